The molecule has 1 N–H and O–H groups in total. The van der Waals surface area contributed by atoms with Crippen molar-refractivity contribution in [3.8, 4) is 0 Å². The maximum absolute atomic E-state index is 12.9. The molecule has 1 aromatic carbocycles. The Bertz CT molecular complexity index is 942. The van der Waals surface area contributed by atoms with Crippen LogP contribution in [-0.4, -0.2) is 35.0 Å². The van der Waals surface area contributed by atoms with Gasteiger partial charge in [0, 0.05) is 32.0 Å². The summed E-state index contributed by atoms with van der Waals surface area (Å²) in [5.41, 5.74) is 0.360. The Hall–Kier alpha value is -1.74. The van der Waals surface area contributed by atoms with Crippen molar-refractivity contribution >= 4 is 34.0 Å². The van der Waals surface area contributed by atoms with Crippen LogP contribution in [0.25, 0.3) is 0 Å². The lowest BCUT2D eigenvalue weighted by Crippen LogP contribution is -2.38. The van der Waals surface area contributed by atoms with Gasteiger partial charge in [-0.1, -0.05) is 34.4 Å². The molecule has 0 bridgehead atoms. The number of benzene rings is 1. The third-order valence-electron chi connectivity index (χ3n) is 4.21. The predicted octanol–water partition coefficient (Wildman–Crippen LogP) is 3.03. The van der Waals surface area contributed by atoms with Crippen LogP contribution in [0, 0.1) is 13.8 Å². The maximum Gasteiger partial charge on any atom is 0.138 e. The average Bonchev–Trinajstić information content (AvgIpc) is 3.19. The lowest BCUT2D eigenvalue weighted by molar-refractivity contribution is 0.0388. The smallest absolute Gasteiger partial charge is 0.138 e. The maximum atomic E-state index is 12.9. The van der Waals surface area contributed by atoms with Crippen molar-refractivity contribution in [1.82, 2.24) is 19.9 Å². The molecule has 0 amide bonds. The molecule has 3 aromatic rings. The summed E-state index contributed by atoms with van der Waals surface area (Å²) in [5, 5.41) is 20.1. The van der Waals surface area contributed by atoms with Gasteiger partial charge in [-0.3, -0.25) is 4.21 Å². The number of halogens is 2. The van der Waals surface area contributed by atoms with E-state index in [0.29, 0.717) is 27.1 Å². The lowest BCUT2D eigenvalue weighted by atomic mass is 9.95. The van der Waals surface area contributed by atoms with E-state index in [2.05, 4.69) is 15.2 Å². The van der Waals surface area contributed by atoms with E-state index >= 15 is 0 Å². The van der Waals surface area contributed by atoms with Crippen molar-refractivity contribution in [2.75, 3.05) is 5.75 Å². The average molecular weight is 429 g/mol. The second-order valence-electron chi connectivity index (χ2n) is 6.28. The number of aromatic nitrogens is 4. The predicted molar refractivity (Wildman–Crippen MR) is 103 cm³/mol. The van der Waals surface area contributed by atoms with E-state index in [0.717, 1.165) is 5.56 Å². The third kappa shape index (κ3) is 4.57. The molecule has 0 saturated heterocycles. The lowest BCUT2D eigenvalue weighted by Gasteiger charge is -2.29. The normalized spacial score (nSPS) is 14.9. The van der Waals surface area contributed by atoms with E-state index in [4.69, 9.17) is 27.7 Å². The zero-order valence-corrected chi connectivity index (χ0v) is 17.1. The van der Waals surface area contributed by atoms with Gasteiger partial charge < -0.3 is 9.63 Å². The molecule has 0 saturated carbocycles. The van der Waals surface area contributed by atoms with Crippen LogP contribution in [-0.2, 0) is 28.7 Å². The third-order valence-corrected chi connectivity index (χ3v) is 6.17. The summed E-state index contributed by atoms with van der Waals surface area (Å²) in [6.07, 6.45) is 2.84. The first-order valence-electron chi connectivity index (χ1n) is 8.05. The van der Waals surface area contributed by atoms with Gasteiger partial charge in [0.2, 0.25) is 0 Å². The molecule has 3 rings (SSSR count). The van der Waals surface area contributed by atoms with Gasteiger partial charge >= 0.3 is 0 Å². The fourth-order valence-electron chi connectivity index (χ4n) is 2.84. The van der Waals surface area contributed by atoms with Crippen molar-refractivity contribution in [2.45, 2.75) is 31.7 Å². The zero-order valence-electron chi connectivity index (χ0n) is 14.7. The van der Waals surface area contributed by atoms with Gasteiger partial charge in [0.1, 0.15) is 24.0 Å². The van der Waals surface area contributed by atoms with E-state index in [-0.39, 0.29) is 18.1 Å². The highest BCUT2D eigenvalue weighted by Gasteiger charge is 2.35. The summed E-state index contributed by atoms with van der Waals surface area (Å²) in [5.74, 6) is 0.773. The van der Waals surface area contributed by atoms with Crippen LogP contribution in [0.3, 0.4) is 0 Å². The summed E-state index contributed by atoms with van der Waals surface area (Å²) < 4.78 is 19.5. The summed E-state index contributed by atoms with van der Waals surface area (Å²) in [6, 6.07) is 4.81. The topological polar surface area (TPSA) is 94.0 Å². The number of aliphatic hydroxyl groups is 1. The number of hydrogen-bond donors (Lipinski definition) is 1. The van der Waals surface area contributed by atoms with Gasteiger partial charge in [0.25, 0.3) is 0 Å². The Kier molecular flexibility index (Phi) is 6.00. The molecular formula is C17H18Cl2N4O3S. The van der Waals surface area contributed by atoms with Crippen LogP contribution in [0.4, 0.5) is 0 Å². The second kappa shape index (κ2) is 8.10. The molecule has 144 valence electrons. The molecule has 2 unspecified atom stereocenters. The quantitative estimate of drug-likeness (QED) is 0.621. The van der Waals surface area contributed by atoms with Gasteiger partial charge in [0.15, 0.2) is 0 Å². The summed E-state index contributed by atoms with van der Waals surface area (Å²) >= 11 is 12.3. The Balaban J connectivity index is 1.91. The SMILES string of the molecule is Cc1noc(C)c1CS(=O)CC(O)(Cn1cncn1)c1ccc(Cl)cc1Cl. The molecule has 2 heterocycles. The largest absolute Gasteiger partial charge is 0.382 e. The minimum atomic E-state index is -1.53. The molecule has 0 aliphatic heterocycles. The fourth-order valence-corrected chi connectivity index (χ4v) is 5.04. The molecule has 27 heavy (non-hydrogen) atoms. The highest BCUT2D eigenvalue weighted by Crippen LogP contribution is 2.33. The van der Waals surface area contributed by atoms with Gasteiger partial charge in [-0.15, -0.1) is 0 Å². The van der Waals surface area contributed by atoms with Crippen LogP contribution in [0.5, 0.6) is 0 Å². The molecule has 0 fully saturated rings. The van der Waals surface area contributed by atoms with E-state index in [1.807, 2.05) is 0 Å². The van der Waals surface area contributed by atoms with Crippen molar-refractivity contribution in [3.05, 3.63) is 63.5 Å². The molecule has 10 heteroatoms. The molecule has 0 radical (unpaired) electrons. The van der Waals surface area contributed by atoms with Crippen LogP contribution in [0.2, 0.25) is 10.0 Å². The van der Waals surface area contributed by atoms with Crippen LogP contribution in [0.1, 0.15) is 22.6 Å². The first kappa shape index (κ1) is 20.0. The van der Waals surface area contributed by atoms with Crippen molar-refractivity contribution in [2.24, 2.45) is 0 Å². The molecule has 2 atom stereocenters. The number of hydrogen-bond acceptors (Lipinski definition) is 6. The second-order valence-corrected chi connectivity index (χ2v) is 8.58. The minimum Gasteiger partial charge on any atom is -0.382 e. The Morgan fingerprint density at radius 3 is 2.70 bits per heavy atom. The summed E-state index contributed by atoms with van der Waals surface area (Å²) in [7, 11) is -1.42. The standard InChI is InChI=1S/C17H18Cl2N4O3S/c1-11-14(12(2)26-22-11)6-27(25)8-17(24,7-23-10-20-9-21-23)15-4-3-13(18)5-16(15)19/h3-5,9-10,24H,6-8H2,1-2H3. The molecule has 0 aliphatic rings. The Labute approximate surface area is 168 Å². The van der Waals surface area contributed by atoms with E-state index in [9.17, 15) is 9.32 Å². The first-order chi connectivity index (χ1) is 12.8. The Morgan fingerprint density at radius 2 is 2.11 bits per heavy atom. The Morgan fingerprint density at radius 1 is 1.33 bits per heavy atom. The zero-order chi connectivity index (χ0) is 19.6. The van der Waals surface area contributed by atoms with Crippen LogP contribution < -0.4 is 0 Å². The van der Waals surface area contributed by atoms with Gasteiger partial charge in [0.05, 0.1) is 23.7 Å². The molecule has 2 aromatic heterocycles. The fraction of sp³-hybridized carbons (Fsp3) is 0.353. The number of rotatable bonds is 7. The summed E-state index contributed by atoms with van der Waals surface area (Å²) in [4.78, 5) is 3.89. The van der Waals surface area contributed by atoms with Gasteiger partial charge in [-0.05, 0) is 26.0 Å². The first-order valence-corrected chi connectivity index (χ1v) is 10.3. The highest BCUT2D eigenvalue weighted by molar-refractivity contribution is 7.84. The number of nitrogens with zero attached hydrogens (tertiary/aromatic N) is 4. The van der Waals surface area contributed by atoms with Gasteiger partial charge in [-0.25, -0.2) is 9.67 Å². The molecule has 0 spiro atoms. The van der Waals surface area contributed by atoms with Gasteiger partial charge in [-0.2, -0.15) is 5.10 Å². The molecular weight excluding hydrogens is 411 g/mol. The highest BCUT2D eigenvalue weighted by atomic mass is 35.5. The minimum absolute atomic E-state index is 0.0433. The monoisotopic (exact) mass is 428 g/mol. The van der Waals surface area contributed by atoms with E-state index < -0.39 is 16.4 Å². The molecule has 0 aliphatic carbocycles. The van der Waals surface area contributed by atoms with Crippen molar-refractivity contribution in [1.29, 1.82) is 0 Å². The van der Waals surface area contributed by atoms with Crippen LogP contribution >= 0.6 is 23.2 Å². The van der Waals surface area contributed by atoms with E-state index in [1.165, 1.54) is 17.3 Å². The summed E-state index contributed by atoms with van der Waals surface area (Å²) in [6.45, 7) is 3.60. The molecule has 7 nitrogen and oxygen atoms in total. The van der Waals surface area contributed by atoms with Crippen molar-refractivity contribution < 1.29 is 13.8 Å². The van der Waals surface area contributed by atoms with Crippen molar-refractivity contribution in [3.63, 3.8) is 0 Å². The van der Waals surface area contributed by atoms with Crippen LogP contribution in [0.15, 0.2) is 35.4 Å². The van der Waals surface area contributed by atoms with E-state index in [1.54, 1.807) is 32.0 Å². The number of aryl methyl sites for hydroxylation is 2.